The third-order valence-corrected chi connectivity index (χ3v) is 18.9. The van der Waals surface area contributed by atoms with E-state index in [9.17, 15) is 27.6 Å². The van der Waals surface area contributed by atoms with Gasteiger partial charge in [-0.2, -0.15) is 12.7 Å². The van der Waals surface area contributed by atoms with Gasteiger partial charge in [-0.05, 0) is 113 Å². The Labute approximate surface area is 371 Å². The van der Waals surface area contributed by atoms with Gasteiger partial charge in [-0.3, -0.25) is 28.9 Å². The first-order chi connectivity index (χ1) is 28.9. The van der Waals surface area contributed by atoms with Crippen LogP contribution < -0.4 is 20.7 Å². The van der Waals surface area contributed by atoms with Gasteiger partial charge in [0.2, 0.25) is 23.6 Å². The Bertz CT molecular complexity index is 1920. The van der Waals surface area contributed by atoms with E-state index in [1.807, 2.05) is 20.8 Å². The van der Waals surface area contributed by atoms with Crippen molar-refractivity contribution in [2.24, 2.45) is 38.9 Å². The summed E-state index contributed by atoms with van der Waals surface area (Å²) in [6.45, 7) is 21.5. The van der Waals surface area contributed by atoms with E-state index in [0.717, 1.165) is 94.3 Å². The lowest BCUT2D eigenvalue weighted by Gasteiger charge is -2.40. The minimum atomic E-state index is -4.19. The molecule has 7 rings (SSSR count). The monoisotopic (exact) mass is 884 g/mol. The molecule has 2 aliphatic heterocycles. The van der Waals surface area contributed by atoms with Crippen LogP contribution in [0.3, 0.4) is 0 Å². The van der Waals surface area contributed by atoms with Crippen LogP contribution in [0.15, 0.2) is 12.7 Å². The summed E-state index contributed by atoms with van der Waals surface area (Å²) in [6, 6.07) is -2.97. The molecule has 7 atom stereocenters. The quantitative estimate of drug-likeness (QED) is 0.170. The highest BCUT2D eigenvalue weighted by molar-refractivity contribution is 7.87. The standard InChI is InChI=1S/C47H77N7O7S/c1-11-44(9)28-47(44,41(59)51-62(60,61)52(10)27-31-21-22-31)50-38(56)34-26-46(43(7,8)45(46)23-17-24-45)29-54(34)40(58)36(42(4,5)6)49-39(57)35(32-18-13-12-14-19-32)48-37(55)33-20-15-16-25-53(33)30(2)3/h11,30-36H,1,12-29H2,2-10H3,(H,48,55)(H,49,57)(H,50,56)(H,51,59)/t33-,34-,35-,36+,44+,46+,47-/m0/s1. The van der Waals surface area contributed by atoms with E-state index in [1.54, 1.807) is 17.9 Å². The van der Waals surface area contributed by atoms with Gasteiger partial charge in [0.1, 0.15) is 23.7 Å². The first-order valence-electron chi connectivity index (χ1n) is 23.8. The molecule has 2 heterocycles. The van der Waals surface area contributed by atoms with Gasteiger partial charge in [0.05, 0.1) is 6.04 Å². The Kier molecular flexibility index (Phi) is 12.4. The largest absolute Gasteiger partial charge is 0.343 e. The highest BCUT2D eigenvalue weighted by Crippen LogP contribution is 2.88. The minimum absolute atomic E-state index is 0.0299. The van der Waals surface area contributed by atoms with Gasteiger partial charge in [-0.15, -0.1) is 6.58 Å². The average Bonchev–Trinajstić information content (AvgIpc) is 4.13. The zero-order valence-electron chi connectivity index (χ0n) is 39.2. The van der Waals surface area contributed by atoms with Gasteiger partial charge in [-0.1, -0.05) is 79.7 Å². The molecule has 0 radical (unpaired) electrons. The van der Waals surface area contributed by atoms with Crippen LogP contribution in [-0.2, 0) is 34.2 Å². The van der Waals surface area contributed by atoms with E-state index in [4.69, 9.17) is 0 Å². The fraction of sp³-hybridized carbons (Fsp3) is 0.851. The van der Waals surface area contributed by atoms with E-state index >= 15 is 4.79 Å². The van der Waals surface area contributed by atoms with Crippen LogP contribution >= 0.6 is 0 Å². The SMILES string of the molecule is C=C[C@]1(C)C[C@]1(NC(=O)[C@@H]1C[C@@]2(CN1C(=O)[C@@H](NC(=O)[C@@H](NC(=O)[C@@H]1CCCCN1C(C)C)C1CCCCC1)C(C)(C)C)C(C)(C)C21CCC1)C(=O)NS(=O)(=O)N(C)CC1CC1. The predicted octanol–water partition coefficient (Wildman–Crippen LogP) is 4.80. The van der Waals surface area contributed by atoms with Gasteiger partial charge < -0.3 is 20.9 Å². The van der Waals surface area contributed by atoms with Crippen LogP contribution in [0.1, 0.15) is 152 Å². The van der Waals surface area contributed by atoms with Gasteiger partial charge in [0, 0.05) is 37.0 Å². The van der Waals surface area contributed by atoms with E-state index < -0.39 is 56.5 Å². The van der Waals surface area contributed by atoms with E-state index in [-0.39, 0.29) is 64.3 Å². The maximum atomic E-state index is 15.4. The summed E-state index contributed by atoms with van der Waals surface area (Å²) in [5.74, 6) is -2.07. The van der Waals surface area contributed by atoms with Crippen molar-refractivity contribution in [1.29, 1.82) is 0 Å². The average molecular weight is 884 g/mol. The zero-order valence-corrected chi connectivity index (χ0v) is 40.0. The Morgan fingerprint density at radius 3 is 2.03 bits per heavy atom. The number of likely N-dealkylation sites (tertiary alicyclic amines) is 2. The molecule has 0 aromatic heterocycles. The molecule has 0 aromatic carbocycles. The fourth-order valence-corrected chi connectivity index (χ4v) is 13.7. The minimum Gasteiger partial charge on any atom is -0.343 e. The van der Waals surface area contributed by atoms with Crippen LogP contribution in [-0.4, -0.2) is 114 Å². The number of fused-ring (bicyclic) bond motifs is 1. The molecule has 0 bridgehead atoms. The zero-order chi connectivity index (χ0) is 45.4. The predicted molar refractivity (Wildman–Crippen MR) is 238 cm³/mol. The van der Waals surface area contributed by atoms with Gasteiger partial charge in [0.15, 0.2) is 0 Å². The van der Waals surface area contributed by atoms with Crippen LogP contribution in [0.2, 0.25) is 0 Å². The third kappa shape index (κ3) is 7.93. The Morgan fingerprint density at radius 1 is 0.855 bits per heavy atom. The molecule has 4 N–H and O–H groups in total. The van der Waals surface area contributed by atoms with Gasteiger partial charge in [0.25, 0.3) is 5.91 Å². The molecule has 14 nitrogen and oxygen atoms in total. The van der Waals surface area contributed by atoms with Crippen LogP contribution in [0, 0.1) is 38.9 Å². The topological polar surface area (TPSA) is 177 Å². The number of rotatable bonds is 15. The molecule has 348 valence electrons. The van der Waals surface area contributed by atoms with Crippen molar-refractivity contribution in [3.05, 3.63) is 12.7 Å². The summed E-state index contributed by atoms with van der Waals surface area (Å²) in [7, 11) is -2.75. The van der Waals surface area contributed by atoms with Crippen LogP contribution in [0.5, 0.6) is 0 Å². The van der Waals surface area contributed by atoms with Crippen molar-refractivity contribution in [3.8, 4) is 0 Å². The molecule has 2 saturated heterocycles. The van der Waals surface area contributed by atoms with E-state index in [1.165, 1.54) is 7.05 Å². The van der Waals surface area contributed by atoms with Crippen molar-refractivity contribution >= 4 is 39.7 Å². The van der Waals surface area contributed by atoms with Crippen molar-refractivity contribution in [2.45, 2.75) is 187 Å². The molecular formula is C47H77N7O7S. The van der Waals surface area contributed by atoms with Gasteiger partial charge in [-0.25, -0.2) is 4.72 Å². The molecule has 62 heavy (non-hydrogen) atoms. The molecule has 5 amide bonds. The van der Waals surface area contributed by atoms with Crippen molar-refractivity contribution in [1.82, 2.24) is 34.8 Å². The summed E-state index contributed by atoms with van der Waals surface area (Å²) < 4.78 is 30.1. The van der Waals surface area contributed by atoms with Crippen LogP contribution in [0.25, 0.3) is 0 Å². The van der Waals surface area contributed by atoms with Crippen molar-refractivity contribution in [2.75, 3.05) is 26.7 Å². The Hall–Kier alpha value is -3.04. The fourth-order valence-electron chi connectivity index (χ4n) is 12.8. The number of hydrogen-bond donors (Lipinski definition) is 4. The molecule has 2 spiro atoms. The van der Waals surface area contributed by atoms with Crippen molar-refractivity contribution < 1.29 is 32.4 Å². The van der Waals surface area contributed by atoms with Crippen LogP contribution in [0.4, 0.5) is 0 Å². The molecule has 7 aliphatic rings. The molecule has 0 aromatic rings. The molecular weight excluding hydrogens is 807 g/mol. The summed E-state index contributed by atoms with van der Waals surface area (Å²) in [5, 5.41) is 9.39. The number of amides is 5. The lowest BCUT2D eigenvalue weighted by Crippen LogP contribution is -2.63. The number of piperidine rings is 1. The first kappa shape index (κ1) is 46.9. The third-order valence-electron chi connectivity index (χ3n) is 17.5. The second kappa shape index (κ2) is 16.4. The summed E-state index contributed by atoms with van der Waals surface area (Å²) in [6.07, 6.45) is 14.4. The maximum Gasteiger partial charge on any atom is 0.303 e. The molecule has 15 heteroatoms. The number of nitrogens with zero attached hydrogens (tertiary/aromatic N) is 3. The molecule has 7 fully saturated rings. The molecule has 5 aliphatic carbocycles. The number of carbonyl (C=O) groups excluding carboxylic acids is 5. The highest BCUT2D eigenvalue weighted by Gasteiger charge is 2.85. The van der Waals surface area contributed by atoms with E-state index in [0.29, 0.717) is 19.5 Å². The number of nitrogens with one attached hydrogen (secondary N) is 4. The normalized spacial score (nSPS) is 32.8. The summed E-state index contributed by atoms with van der Waals surface area (Å²) in [4.78, 5) is 77.2. The lowest BCUT2D eigenvalue weighted by molar-refractivity contribution is -0.145. The first-order valence-corrected chi connectivity index (χ1v) is 25.3. The van der Waals surface area contributed by atoms with Gasteiger partial charge >= 0.3 is 10.2 Å². The Morgan fingerprint density at radius 2 is 1.50 bits per heavy atom. The van der Waals surface area contributed by atoms with Crippen molar-refractivity contribution in [3.63, 3.8) is 0 Å². The van der Waals surface area contributed by atoms with E-state index in [2.05, 4.69) is 59.8 Å². The number of hydrogen-bond acceptors (Lipinski definition) is 8. The number of carbonyl (C=O) groups is 5. The summed E-state index contributed by atoms with van der Waals surface area (Å²) in [5.41, 5.74) is -3.84. The second-order valence-corrected chi connectivity index (χ2v) is 24.5. The second-order valence-electron chi connectivity index (χ2n) is 22.7. The lowest BCUT2D eigenvalue weighted by atomic mass is 9.73. The summed E-state index contributed by atoms with van der Waals surface area (Å²) >= 11 is 0. The molecule has 0 unspecified atom stereocenters. The maximum absolute atomic E-state index is 15.4. The Balaban J connectivity index is 1.16. The molecule has 5 saturated carbocycles. The smallest absolute Gasteiger partial charge is 0.303 e. The highest BCUT2D eigenvalue weighted by atomic mass is 32.2.